The van der Waals surface area contributed by atoms with Crippen LogP contribution in [0.25, 0.3) is 16.0 Å². The fourth-order valence-electron chi connectivity index (χ4n) is 8.05. The molecular weight excluding hydrogens is 640 g/mol. The number of carbonyl (C=O) groups is 2. The summed E-state index contributed by atoms with van der Waals surface area (Å²) in [5, 5.41) is 17.9. The van der Waals surface area contributed by atoms with Crippen molar-refractivity contribution in [3.8, 4) is 0 Å². The third-order valence-corrected chi connectivity index (χ3v) is 10.6. The van der Waals surface area contributed by atoms with Crippen LogP contribution in [0.5, 0.6) is 0 Å². The minimum Gasteiger partial charge on any atom is -0.481 e. The summed E-state index contributed by atoms with van der Waals surface area (Å²) in [5.74, 6) is 0.327. The average Bonchev–Trinajstić information content (AvgIpc) is 3.61. The Balaban J connectivity index is 1.18. The second kappa shape index (κ2) is 13.3. The molecule has 50 heavy (non-hydrogen) atoms. The van der Waals surface area contributed by atoms with Gasteiger partial charge in [-0.2, -0.15) is 0 Å². The second-order valence-corrected chi connectivity index (χ2v) is 15.1. The first-order chi connectivity index (χ1) is 23.9. The van der Waals surface area contributed by atoms with Gasteiger partial charge in [0.1, 0.15) is 11.4 Å². The molecule has 1 aromatic carbocycles. The topological polar surface area (TPSA) is 149 Å². The van der Waals surface area contributed by atoms with Gasteiger partial charge >= 0.3 is 12.1 Å². The van der Waals surface area contributed by atoms with E-state index in [-0.39, 0.29) is 36.1 Å². The van der Waals surface area contributed by atoms with Gasteiger partial charge in [0, 0.05) is 37.3 Å². The number of hydrogen-bond donors (Lipinski definition) is 2. The molecule has 1 spiro atoms. The lowest BCUT2D eigenvalue weighted by Gasteiger charge is -2.42. The molecule has 2 aromatic heterocycles. The zero-order valence-corrected chi connectivity index (χ0v) is 29.2. The van der Waals surface area contributed by atoms with Crippen LogP contribution in [0, 0.1) is 12.0 Å². The maximum atomic E-state index is 12.8. The van der Waals surface area contributed by atoms with Crippen molar-refractivity contribution in [3.63, 3.8) is 0 Å². The molecule has 3 fully saturated rings. The number of amides is 1. The molecule has 2 N–H and O–H groups in total. The Hall–Kier alpha value is -4.48. The number of aromatic nitrogens is 4. The summed E-state index contributed by atoms with van der Waals surface area (Å²) in [4.78, 5) is 42.6. The number of ether oxygens (including phenoxy) is 3. The predicted molar refractivity (Wildman–Crippen MR) is 186 cm³/mol. The van der Waals surface area contributed by atoms with E-state index in [2.05, 4.69) is 20.0 Å². The van der Waals surface area contributed by atoms with Gasteiger partial charge in [-0.05, 0) is 83.8 Å². The zero-order chi connectivity index (χ0) is 35.2. The van der Waals surface area contributed by atoms with E-state index < -0.39 is 17.7 Å². The van der Waals surface area contributed by atoms with E-state index in [1.807, 2.05) is 50.7 Å². The Morgan fingerprint density at radius 2 is 1.96 bits per heavy atom. The number of aliphatic carboxylic acids is 1. The molecule has 0 aliphatic carbocycles. The number of alkyl carbamates (subject to hydrolysis) is 1. The Bertz CT molecular complexity index is 1800. The lowest BCUT2D eigenvalue weighted by atomic mass is 9.73. The van der Waals surface area contributed by atoms with Crippen molar-refractivity contribution in [1.82, 2.24) is 25.1 Å². The molecule has 0 saturated carbocycles. The molecule has 4 atom stereocenters. The smallest absolute Gasteiger partial charge is 0.407 e. The Labute approximate surface area is 291 Å². The van der Waals surface area contributed by atoms with Crippen molar-refractivity contribution in [2.75, 3.05) is 42.6 Å². The number of carboxylic acids is 1. The number of benzene rings is 1. The molecule has 14 nitrogen and oxygen atoms in total. The number of hydrogen-bond acceptors (Lipinski definition) is 10. The van der Waals surface area contributed by atoms with Crippen molar-refractivity contribution >= 4 is 46.2 Å². The lowest BCUT2D eigenvalue weighted by Crippen LogP contribution is -2.55. The van der Waals surface area contributed by atoms with Crippen LogP contribution in [0.15, 0.2) is 24.4 Å². The maximum absolute atomic E-state index is 12.8. The number of nitrogens with zero attached hydrogens (tertiary/aromatic N) is 7. The first-order valence-corrected chi connectivity index (χ1v) is 17.7. The molecule has 2 unspecified atom stereocenters. The van der Waals surface area contributed by atoms with Gasteiger partial charge < -0.3 is 34.4 Å². The third kappa shape index (κ3) is 6.56. The SMILES string of the molecule is [C-]#[N+]c1ccc2c(c1)C(CC(=O)O)CCN2c1nn(C2CCCCO2)c2nc(N3CCC4(CC3)CO[C@@H](C)[C@H]4NC(=O)OC(C)(C)C)cnc12. The predicted octanol–water partition coefficient (Wildman–Crippen LogP) is 6.07. The van der Waals surface area contributed by atoms with E-state index in [1.165, 1.54) is 0 Å². The van der Waals surface area contributed by atoms with Crippen LogP contribution in [0.2, 0.25) is 0 Å². The second-order valence-electron chi connectivity index (χ2n) is 15.1. The molecule has 14 heteroatoms. The van der Waals surface area contributed by atoms with Crippen LogP contribution in [-0.2, 0) is 19.0 Å². The van der Waals surface area contributed by atoms with E-state index in [1.54, 1.807) is 6.07 Å². The van der Waals surface area contributed by atoms with Crippen molar-refractivity contribution < 1.29 is 28.9 Å². The molecule has 6 heterocycles. The lowest BCUT2D eigenvalue weighted by molar-refractivity contribution is -0.137. The van der Waals surface area contributed by atoms with Crippen LogP contribution in [0.3, 0.4) is 0 Å². The Kier molecular flexibility index (Phi) is 9.07. The van der Waals surface area contributed by atoms with Crippen molar-refractivity contribution in [2.45, 2.75) is 103 Å². The third-order valence-electron chi connectivity index (χ3n) is 10.6. The summed E-state index contributed by atoms with van der Waals surface area (Å²) in [6.45, 7) is 18.3. The normalized spacial score (nSPS) is 24.9. The first kappa shape index (κ1) is 34.0. The molecule has 266 valence electrons. The van der Waals surface area contributed by atoms with E-state index in [0.29, 0.717) is 48.8 Å². The summed E-state index contributed by atoms with van der Waals surface area (Å²) in [5.41, 5.74) is 2.64. The molecule has 4 aliphatic rings. The van der Waals surface area contributed by atoms with Crippen LogP contribution in [-0.4, -0.2) is 87.5 Å². The summed E-state index contributed by atoms with van der Waals surface area (Å²) >= 11 is 0. The Morgan fingerprint density at radius 3 is 2.66 bits per heavy atom. The number of carboxylic acid groups (broad SMARTS) is 1. The quantitative estimate of drug-likeness (QED) is 0.291. The highest BCUT2D eigenvalue weighted by molar-refractivity contribution is 5.89. The van der Waals surface area contributed by atoms with Crippen LogP contribution in [0.4, 0.5) is 27.8 Å². The largest absolute Gasteiger partial charge is 0.481 e. The molecular formula is C36H46N8O6. The molecule has 3 aromatic rings. The van der Waals surface area contributed by atoms with E-state index in [0.717, 1.165) is 62.3 Å². The highest BCUT2D eigenvalue weighted by Crippen LogP contribution is 2.46. The van der Waals surface area contributed by atoms with Gasteiger partial charge in [-0.15, -0.1) is 5.10 Å². The van der Waals surface area contributed by atoms with Gasteiger partial charge in [-0.25, -0.2) is 24.3 Å². The van der Waals surface area contributed by atoms with E-state index >= 15 is 0 Å². The van der Waals surface area contributed by atoms with Gasteiger partial charge in [0.25, 0.3) is 0 Å². The average molecular weight is 687 g/mol. The van der Waals surface area contributed by atoms with Gasteiger partial charge in [0.2, 0.25) is 0 Å². The number of anilines is 3. The van der Waals surface area contributed by atoms with Crippen molar-refractivity contribution in [3.05, 3.63) is 41.4 Å². The molecule has 7 rings (SSSR count). The van der Waals surface area contributed by atoms with Crippen molar-refractivity contribution in [1.29, 1.82) is 0 Å². The van der Waals surface area contributed by atoms with Gasteiger partial charge in [0.05, 0.1) is 37.9 Å². The number of nitrogens with one attached hydrogen (secondary N) is 1. The van der Waals surface area contributed by atoms with Crippen LogP contribution in [0.1, 0.15) is 90.3 Å². The Morgan fingerprint density at radius 1 is 1.16 bits per heavy atom. The molecule has 1 amide bonds. The summed E-state index contributed by atoms with van der Waals surface area (Å²) in [6, 6.07) is 5.31. The van der Waals surface area contributed by atoms with Crippen molar-refractivity contribution in [2.24, 2.45) is 5.41 Å². The molecule has 0 radical (unpaired) electrons. The minimum absolute atomic E-state index is 0.00344. The number of rotatable bonds is 6. The molecule has 0 bridgehead atoms. The minimum atomic E-state index is -0.862. The summed E-state index contributed by atoms with van der Waals surface area (Å²) < 4.78 is 19.8. The number of fused-ring (bicyclic) bond motifs is 2. The monoisotopic (exact) mass is 686 g/mol. The summed E-state index contributed by atoms with van der Waals surface area (Å²) in [7, 11) is 0. The molecule has 4 aliphatic heterocycles. The van der Waals surface area contributed by atoms with Crippen LogP contribution < -0.4 is 15.1 Å². The zero-order valence-electron chi connectivity index (χ0n) is 29.2. The highest BCUT2D eigenvalue weighted by Gasteiger charge is 2.50. The summed E-state index contributed by atoms with van der Waals surface area (Å²) in [6.07, 6.45) is 6.02. The highest BCUT2D eigenvalue weighted by atomic mass is 16.6. The van der Waals surface area contributed by atoms with Gasteiger partial charge in [0.15, 0.2) is 28.9 Å². The first-order valence-electron chi connectivity index (χ1n) is 17.7. The number of piperidine rings is 1. The standard InChI is InChI=1S/C36H46N8O6/c1-22-31(40-34(47)50-35(2,3)4)36(21-49-22)12-15-42(16-13-36)27-20-38-30-32(39-27)44(28-8-6-7-17-48-28)41-33(30)43-14-11-23(18-29(45)46)25-19-24(37-5)9-10-26(25)43/h9-10,19-20,22-23,28,31H,6-8,11-18,21H2,1-4H3,(H,40,47)(H,45,46)/t22-,23?,28?,31+/m0/s1. The van der Waals surface area contributed by atoms with Gasteiger partial charge in [-0.1, -0.05) is 12.1 Å². The number of carbonyl (C=O) groups excluding carboxylic acids is 1. The van der Waals surface area contributed by atoms with Gasteiger partial charge in [-0.3, -0.25) is 4.79 Å². The fraction of sp³-hybridized carbons (Fsp3) is 0.611. The van der Waals surface area contributed by atoms with Crippen LogP contribution >= 0.6 is 0 Å². The van der Waals surface area contributed by atoms with E-state index in [4.69, 9.17) is 35.8 Å². The fourth-order valence-corrected chi connectivity index (χ4v) is 8.05. The van der Waals surface area contributed by atoms with E-state index in [9.17, 15) is 14.7 Å². The maximum Gasteiger partial charge on any atom is 0.407 e. The molecule has 3 saturated heterocycles.